The van der Waals surface area contributed by atoms with Crippen molar-refractivity contribution >= 4 is 17.9 Å². The molecule has 0 aromatic heterocycles. The van der Waals surface area contributed by atoms with Crippen molar-refractivity contribution in [3.8, 4) is 0 Å². The first-order chi connectivity index (χ1) is 14.5. The molecule has 2 bridgehead atoms. The molecular weight excluding hydrogens is 404 g/mol. The topological polar surface area (TPSA) is 97.4 Å². The second-order valence-corrected chi connectivity index (χ2v) is 8.50. The van der Waals surface area contributed by atoms with E-state index in [0.29, 0.717) is 30.4 Å². The molecule has 0 aromatic rings. The van der Waals surface area contributed by atoms with Crippen molar-refractivity contribution in [2.75, 3.05) is 13.7 Å². The van der Waals surface area contributed by atoms with E-state index in [1.165, 1.54) is 6.92 Å². The second-order valence-electron chi connectivity index (χ2n) is 8.50. The van der Waals surface area contributed by atoms with Gasteiger partial charge in [0.1, 0.15) is 18.5 Å². The van der Waals surface area contributed by atoms with Gasteiger partial charge in [0.15, 0.2) is 5.79 Å². The predicted molar refractivity (Wildman–Crippen MR) is 109 cm³/mol. The summed E-state index contributed by atoms with van der Waals surface area (Å²) in [5.41, 5.74) is 0.285. The number of carbonyl (C=O) groups is 3. The van der Waals surface area contributed by atoms with Crippen molar-refractivity contribution in [1.29, 1.82) is 0 Å². The van der Waals surface area contributed by atoms with Crippen molar-refractivity contribution < 1.29 is 38.1 Å². The van der Waals surface area contributed by atoms with E-state index in [9.17, 15) is 14.4 Å². The van der Waals surface area contributed by atoms with Crippen LogP contribution in [0.1, 0.15) is 53.9 Å². The molecule has 0 spiro atoms. The number of carbonyl (C=O) groups excluding carboxylic acids is 3. The van der Waals surface area contributed by atoms with Crippen LogP contribution in [0.5, 0.6) is 0 Å². The molecular formula is C23H30O8. The van der Waals surface area contributed by atoms with Crippen LogP contribution in [0.15, 0.2) is 34.6 Å². The van der Waals surface area contributed by atoms with E-state index in [1.807, 2.05) is 13.8 Å². The Morgan fingerprint density at radius 2 is 2.00 bits per heavy atom. The molecule has 0 radical (unpaired) electrons. The number of hydrogen-bond donors (Lipinski definition) is 0. The summed E-state index contributed by atoms with van der Waals surface area (Å²) in [6, 6.07) is 0. The number of esters is 3. The predicted octanol–water partition coefficient (Wildman–Crippen LogP) is 3.12. The van der Waals surface area contributed by atoms with Gasteiger partial charge in [-0.05, 0) is 39.7 Å². The Kier molecular flexibility index (Phi) is 6.43. The minimum atomic E-state index is -0.856. The molecule has 1 fully saturated rings. The maximum Gasteiger partial charge on any atom is 0.343 e. The third-order valence-corrected chi connectivity index (χ3v) is 6.26. The van der Waals surface area contributed by atoms with Crippen molar-refractivity contribution in [2.45, 2.75) is 71.4 Å². The van der Waals surface area contributed by atoms with Gasteiger partial charge in [0, 0.05) is 37.5 Å². The van der Waals surface area contributed by atoms with E-state index >= 15 is 0 Å². The summed E-state index contributed by atoms with van der Waals surface area (Å²) in [5.74, 6) is -2.41. The van der Waals surface area contributed by atoms with Crippen LogP contribution in [0, 0.1) is 5.92 Å². The standard InChI is InChI=1S/C23H30O8/c1-7-13(2)20(25)29-17-10-14(3)23(27-6)9-8-22(5,31-23)11-18-19(17)16(21(26)30-18)12-28-15(4)24/h7,11,14,17H,8-10,12H2,1-6H3/t14-,17+,22-,23+/m1/s1. The number of rotatable bonds is 5. The zero-order chi connectivity index (χ0) is 23.0. The normalized spacial score (nSPS) is 33.0. The zero-order valence-corrected chi connectivity index (χ0v) is 18.9. The van der Waals surface area contributed by atoms with Crippen LogP contribution in [0.3, 0.4) is 0 Å². The fraction of sp³-hybridized carbons (Fsp3) is 0.609. The molecule has 4 atom stereocenters. The Morgan fingerprint density at radius 3 is 2.61 bits per heavy atom. The van der Waals surface area contributed by atoms with Gasteiger partial charge in [-0.1, -0.05) is 13.0 Å². The SMILES string of the molecule is CC=C(C)C(=O)O[C@H]1C[C@@H](C)[C@]2(OC)CC[C@](C)(C=C3OC(=O)C(COC(C)=O)=C31)O2. The Hall–Kier alpha value is -2.45. The Labute approximate surface area is 182 Å². The smallest absolute Gasteiger partial charge is 0.343 e. The first-order valence-electron chi connectivity index (χ1n) is 10.4. The molecule has 1 saturated heterocycles. The summed E-state index contributed by atoms with van der Waals surface area (Å²) in [5, 5.41) is 0. The Balaban J connectivity index is 2.13. The summed E-state index contributed by atoms with van der Waals surface area (Å²) in [6.07, 6.45) is 4.24. The van der Waals surface area contributed by atoms with Crippen molar-refractivity contribution in [3.63, 3.8) is 0 Å². The first-order valence-corrected chi connectivity index (χ1v) is 10.4. The van der Waals surface area contributed by atoms with Crippen LogP contribution in [0.4, 0.5) is 0 Å². The number of allylic oxidation sites excluding steroid dienone is 1. The maximum absolute atomic E-state index is 12.7. The van der Waals surface area contributed by atoms with Gasteiger partial charge in [0.25, 0.3) is 0 Å². The van der Waals surface area contributed by atoms with Gasteiger partial charge in [0.05, 0.1) is 11.2 Å². The fourth-order valence-electron chi connectivity index (χ4n) is 4.30. The molecule has 3 aliphatic rings. The van der Waals surface area contributed by atoms with Crippen molar-refractivity contribution in [3.05, 3.63) is 34.6 Å². The maximum atomic E-state index is 12.7. The van der Waals surface area contributed by atoms with Gasteiger partial charge in [-0.25, -0.2) is 9.59 Å². The van der Waals surface area contributed by atoms with Crippen LogP contribution in [0.2, 0.25) is 0 Å². The van der Waals surface area contributed by atoms with Gasteiger partial charge in [-0.2, -0.15) is 0 Å². The van der Waals surface area contributed by atoms with Crippen molar-refractivity contribution in [2.24, 2.45) is 5.92 Å². The second kappa shape index (κ2) is 8.59. The highest BCUT2D eigenvalue weighted by Crippen LogP contribution is 2.49. The van der Waals surface area contributed by atoms with E-state index in [-0.39, 0.29) is 23.9 Å². The quantitative estimate of drug-likeness (QED) is 0.370. The summed E-state index contributed by atoms with van der Waals surface area (Å²) in [7, 11) is 1.60. The summed E-state index contributed by atoms with van der Waals surface area (Å²) < 4.78 is 28.7. The minimum Gasteiger partial charge on any atom is -0.461 e. The molecule has 0 amide bonds. The summed E-state index contributed by atoms with van der Waals surface area (Å²) >= 11 is 0. The van der Waals surface area contributed by atoms with Crippen molar-refractivity contribution in [1.82, 2.24) is 0 Å². The number of ether oxygens (including phenoxy) is 5. The molecule has 0 N–H and O–H groups in total. The van der Waals surface area contributed by atoms with Gasteiger partial charge in [0.2, 0.25) is 0 Å². The van der Waals surface area contributed by atoms with Crippen LogP contribution in [0.25, 0.3) is 0 Å². The van der Waals surface area contributed by atoms with E-state index in [4.69, 9.17) is 23.7 Å². The van der Waals surface area contributed by atoms with E-state index in [1.54, 1.807) is 33.1 Å². The molecule has 3 heterocycles. The molecule has 170 valence electrons. The zero-order valence-electron chi connectivity index (χ0n) is 18.9. The molecule has 0 saturated carbocycles. The third kappa shape index (κ3) is 4.45. The van der Waals surface area contributed by atoms with E-state index in [0.717, 1.165) is 0 Å². The monoisotopic (exact) mass is 434 g/mol. The highest BCUT2D eigenvalue weighted by Gasteiger charge is 2.53. The summed E-state index contributed by atoms with van der Waals surface area (Å²) in [4.78, 5) is 36.7. The van der Waals surface area contributed by atoms with Gasteiger partial charge in [-0.15, -0.1) is 0 Å². The summed E-state index contributed by atoms with van der Waals surface area (Å²) in [6.45, 7) is 8.27. The Bertz CT molecular complexity index is 882. The van der Waals surface area contributed by atoms with Gasteiger partial charge >= 0.3 is 17.9 Å². The minimum absolute atomic E-state index is 0.164. The molecule has 0 unspecified atom stereocenters. The van der Waals surface area contributed by atoms with Crippen LogP contribution in [-0.4, -0.2) is 49.1 Å². The lowest BCUT2D eigenvalue weighted by molar-refractivity contribution is -0.255. The Morgan fingerprint density at radius 1 is 1.29 bits per heavy atom. The lowest BCUT2D eigenvalue weighted by Gasteiger charge is -2.36. The van der Waals surface area contributed by atoms with E-state index in [2.05, 4.69) is 0 Å². The molecule has 3 aliphatic heterocycles. The highest BCUT2D eigenvalue weighted by atomic mass is 16.7. The van der Waals surface area contributed by atoms with E-state index < -0.39 is 35.4 Å². The molecule has 3 rings (SSSR count). The lowest BCUT2D eigenvalue weighted by atomic mass is 9.85. The molecule has 31 heavy (non-hydrogen) atoms. The largest absolute Gasteiger partial charge is 0.461 e. The fourth-order valence-corrected chi connectivity index (χ4v) is 4.30. The highest BCUT2D eigenvalue weighted by molar-refractivity contribution is 5.96. The van der Waals surface area contributed by atoms with Gasteiger partial charge in [-0.3, -0.25) is 4.79 Å². The lowest BCUT2D eigenvalue weighted by Crippen LogP contribution is -2.42. The molecule has 8 heteroatoms. The average Bonchev–Trinajstić information content (AvgIpc) is 3.22. The molecule has 0 aliphatic carbocycles. The van der Waals surface area contributed by atoms with Gasteiger partial charge < -0.3 is 23.7 Å². The molecule has 8 nitrogen and oxygen atoms in total. The number of methoxy groups -OCH3 is 1. The number of fused-ring (bicyclic) bond motifs is 3. The first kappa shape index (κ1) is 23.2. The average molecular weight is 434 g/mol. The van der Waals surface area contributed by atoms with Crippen LogP contribution < -0.4 is 0 Å². The third-order valence-electron chi connectivity index (χ3n) is 6.26. The van der Waals surface area contributed by atoms with Crippen LogP contribution in [-0.2, 0) is 38.1 Å². The van der Waals surface area contributed by atoms with Crippen LogP contribution >= 0.6 is 0 Å². The molecule has 0 aromatic carbocycles. The number of hydrogen-bond acceptors (Lipinski definition) is 8.